The van der Waals surface area contributed by atoms with Crippen LogP contribution in [0.25, 0.3) is 0 Å². The lowest BCUT2D eigenvalue weighted by molar-refractivity contribution is -0.383. The maximum Gasteiger partial charge on any atom is 0.353 e. The zero-order valence-corrected chi connectivity index (χ0v) is 21.6. The van der Waals surface area contributed by atoms with Crippen molar-refractivity contribution < 1.29 is 14.4 Å². The topological polar surface area (TPSA) is 100 Å². The largest absolute Gasteiger partial charge is 0.454 e. The summed E-state index contributed by atoms with van der Waals surface area (Å²) >= 11 is 6.16. The van der Waals surface area contributed by atoms with Crippen LogP contribution in [0.5, 0.6) is 11.5 Å². The minimum Gasteiger partial charge on any atom is -0.454 e. The van der Waals surface area contributed by atoms with Gasteiger partial charge in [0.2, 0.25) is 18.4 Å². The molecule has 0 amide bonds. The molecule has 2 fully saturated rings. The van der Waals surface area contributed by atoms with Crippen LogP contribution in [0.2, 0.25) is 5.02 Å². The van der Waals surface area contributed by atoms with Crippen LogP contribution in [0.1, 0.15) is 5.56 Å². The Morgan fingerprint density at radius 2 is 1.50 bits per heavy atom. The second-order valence-corrected chi connectivity index (χ2v) is 9.97. The van der Waals surface area contributed by atoms with Gasteiger partial charge in [-0.1, -0.05) is 23.7 Å². The summed E-state index contributed by atoms with van der Waals surface area (Å²) in [4.78, 5) is 29.2. The van der Waals surface area contributed by atoms with Gasteiger partial charge in [-0.25, -0.2) is 9.97 Å². The number of rotatable bonds is 6. The lowest BCUT2D eigenvalue weighted by Crippen LogP contribution is -2.48. The number of nitrogens with zero attached hydrogens (tertiary/aromatic N) is 7. The number of anilines is 3. The van der Waals surface area contributed by atoms with Crippen LogP contribution in [0.15, 0.2) is 48.8 Å². The molecule has 0 saturated carbocycles. The predicted octanol–water partition coefficient (Wildman–Crippen LogP) is 3.42. The van der Waals surface area contributed by atoms with Crippen molar-refractivity contribution in [2.24, 2.45) is 0 Å². The van der Waals surface area contributed by atoms with E-state index in [-0.39, 0.29) is 17.4 Å². The Labute approximate surface area is 225 Å². The van der Waals surface area contributed by atoms with E-state index in [9.17, 15) is 10.1 Å². The summed E-state index contributed by atoms with van der Waals surface area (Å²) in [6, 6.07) is 13.8. The predicted molar refractivity (Wildman–Crippen MR) is 145 cm³/mol. The molecule has 2 aromatic carbocycles. The molecule has 198 valence electrons. The molecule has 0 bridgehead atoms. The number of ether oxygens (including phenoxy) is 2. The van der Waals surface area contributed by atoms with Crippen molar-refractivity contribution in [2.45, 2.75) is 6.54 Å². The first-order chi connectivity index (χ1) is 18.5. The van der Waals surface area contributed by atoms with Crippen LogP contribution >= 0.6 is 11.6 Å². The van der Waals surface area contributed by atoms with Crippen molar-refractivity contribution in [3.63, 3.8) is 0 Å². The average molecular weight is 538 g/mol. The molecule has 1 aromatic heterocycles. The number of hydrogen-bond donors (Lipinski definition) is 0. The van der Waals surface area contributed by atoms with Crippen molar-refractivity contribution >= 4 is 34.6 Å². The minimum atomic E-state index is -0.340. The zero-order chi connectivity index (χ0) is 26.1. The van der Waals surface area contributed by atoms with Crippen LogP contribution < -0.4 is 24.2 Å². The van der Waals surface area contributed by atoms with E-state index < -0.39 is 0 Å². The lowest BCUT2D eigenvalue weighted by Gasteiger charge is -2.37. The van der Waals surface area contributed by atoms with E-state index in [0.29, 0.717) is 42.8 Å². The van der Waals surface area contributed by atoms with Crippen molar-refractivity contribution in [3.8, 4) is 11.5 Å². The Morgan fingerprint density at radius 3 is 2.18 bits per heavy atom. The molecule has 0 N–H and O–H groups in total. The monoisotopic (exact) mass is 537 g/mol. The van der Waals surface area contributed by atoms with Crippen LogP contribution in [0.4, 0.5) is 23.0 Å². The third-order valence-electron chi connectivity index (χ3n) is 7.23. The van der Waals surface area contributed by atoms with E-state index in [1.54, 1.807) is 0 Å². The summed E-state index contributed by atoms with van der Waals surface area (Å²) in [6.45, 7) is 6.53. The minimum absolute atomic E-state index is 0.0204. The first-order valence-corrected chi connectivity index (χ1v) is 13.0. The molecule has 0 unspecified atom stereocenters. The molecule has 12 heteroatoms. The van der Waals surface area contributed by atoms with Crippen molar-refractivity contribution in [2.75, 3.05) is 73.9 Å². The molecule has 2 saturated heterocycles. The molecule has 6 rings (SSSR count). The Bertz CT molecular complexity index is 1330. The Kier molecular flexibility index (Phi) is 6.77. The fraction of sp³-hybridized carbons (Fsp3) is 0.385. The average Bonchev–Trinajstić information content (AvgIpc) is 3.41. The Hall–Kier alpha value is -3.83. The van der Waals surface area contributed by atoms with E-state index in [4.69, 9.17) is 21.1 Å². The van der Waals surface area contributed by atoms with Gasteiger partial charge in [0.25, 0.3) is 0 Å². The van der Waals surface area contributed by atoms with Crippen LogP contribution in [-0.4, -0.2) is 78.9 Å². The highest BCUT2D eigenvalue weighted by molar-refractivity contribution is 6.30. The normalized spacial score (nSPS) is 17.7. The number of benzene rings is 2. The lowest BCUT2D eigenvalue weighted by atomic mass is 10.1. The summed E-state index contributed by atoms with van der Waals surface area (Å²) in [5, 5.41) is 13.0. The summed E-state index contributed by atoms with van der Waals surface area (Å²) in [5.74, 6) is 2.32. The zero-order valence-electron chi connectivity index (χ0n) is 20.8. The number of hydrogen-bond acceptors (Lipinski definition) is 10. The van der Waals surface area contributed by atoms with Crippen molar-refractivity contribution in [3.05, 3.63) is 69.5 Å². The standard InChI is InChI=1S/C26H28ClN7O4/c27-20-2-1-3-21(15-20)31-10-12-33(13-11-31)26-24(34(35)36)25(28-17-29-26)32-8-6-30(7-9-32)16-19-4-5-22-23(14-19)38-18-37-22/h1-5,14-15,17H,6-13,16,18H2. The van der Waals surface area contributed by atoms with Gasteiger partial charge >= 0.3 is 5.69 Å². The maximum absolute atomic E-state index is 12.3. The number of fused-ring (bicyclic) bond motifs is 1. The Morgan fingerprint density at radius 1 is 0.842 bits per heavy atom. The molecular weight excluding hydrogens is 510 g/mol. The van der Waals surface area contributed by atoms with Gasteiger partial charge in [-0.3, -0.25) is 15.0 Å². The first kappa shape index (κ1) is 24.5. The van der Waals surface area contributed by atoms with E-state index in [1.165, 1.54) is 6.33 Å². The molecule has 3 aliphatic heterocycles. The highest BCUT2D eigenvalue weighted by atomic mass is 35.5. The molecule has 0 atom stereocenters. The van der Waals surface area contributed by atoms with Crippen LogP contribution in [0, 0.1) is 10.1 Å². The Balaban J connectivity index is 1.12. The van der Waals surface area contributed by atoms with Gasteiger partial charge in [0.05, 0.1) is 4.92 Å². The molecule has 11 nitrogen and oxygen atoms in total. The number of halogens is 1. The number of nitro groups is 1. The summed E-state index contributed by atoms with van der Waals surface area (Å²) in [6.07, 6.45) is 1.44. The maximum atomic E-state index is 12.3. The van der Waals surface area contributed by atoms with Crippen LogP contribution in [0.3, 0.4) is 0 Å². The van der Waals surface area contributed by atoms with Gasteiger partial charge in [0.15, 0.2) is 11.5 Å². The van der Waals surface area contributed by atoms with Gasteiger partial charge in [-0.15, -0.1) is 0 Å². The van der Waals surface area contributed by atoms with Crippen molar-refractivity contribution in [1.82, 2.24) is 14.9 Å². The molecule has 0 radical (unpaired) electrons. The van der Waals surface area contributed by atoms with Gasteiger partial charge in [0, 0.05) is 69.6 Å². The SMILES string of the molecule is O=[N+]([O-])c1c(N2CCN(Cc3ccc4c(c3)OCO4)CC2)ncnc1N1CCN(c2cccc(Cl)c2)CC1. The summed E-state index contributed by atoms with van der Waals surface area (Å²) in [7, 11) is 0. The first-order valence-electron chi connectivity index (χ1n) is 12.7. The fourth-order valence-corrected chi connectivity index (χ4v) is 5.44. The van der Waals surface area contributed by atoms with Gasteiger partial charge in [0.1, 0.15) is 6.33 Å². The smallest absolute Gasteiger partial charge is 0.353 e. The van der Waals surface area contributed by atoms with Gasteiger partial charge in [-0.05, 0) is 35.9 Å². The van der Waals surface area contributed by atoms with E-state index in [0.717, 1.165) is 55.5 Å². The van der Waals surface area contributed by atoms with E-state index in [1.807, 2.05) is 52.3 Å². The van der Waals surface area contributed by atoms with Gasteiger partial charge < -0.3 is 24.2 Å². The molecular formula is C26H28ClN7O4. The molecule has 3 aliphatic rings. The highest BCUT2D eigenvalue weighted by Gasteiger charge is 2.33. The fourth-order valence-electron chi connectivity index (χ4n) is 5.25. The van der Waals surface area contributed by atoms with E-state index >= 15 is 0 Å². The summed E-state index contributed by atoms with van der Waals surface area (Å²) in [5.41, 5.74) is 2.18. The second-order valence-electron chi connectivity index (χ2n) is 9.53. The molecule has 0 aliphatic carbocycles. The third-order valence-corrected chi connectivity index (χ3v) is 7.47. The number of piperazine rings is 2. The van der Waals surface area contributed by atoms with E-state index in [2.05, 4.69) is 19.8 Å². The molecule has 3 aromatic rings. The van der Waals surface area contributed by atoms with Crippen molar-refractivity contribution in [1.29, 1.82) is 0 Å². The molecule has 38 heavy (non-hydrogen) atoms. The molecule has 0 spiro atoms. The third kappa shape index (κ3) is 4.99. The molecule has 4 heterocycles. The second kappa shape index (κ2) is 10.5. The number of aromatic nitrogens is 2. The highest BCUT2D eigenvalue weighted by Crippen LogP contribution is 2.36. The quantitative estimate of drug-likeness (QED) is 0.343. The van der Waals surface area contributed by atoms with Crippen LogP contribution in [-0.2, 0) is 6.54 Å². The summed E-state index contributed by atoms with van der Waals surface area (Å²) < 4.78 is 10.9. The van der Waals surface area contributed by atoms with Gasteiger partial charge in [-0.2, -0.15) is 0 Å².